The van der Waals surface area contributed by atoms with Crippen molar-refractivity contribution in [3.63, 3.8) is 0 Å². The quantitative estimate of drug-likeness (QED) is 0.186. The lowest BCUT2D eigenvalue weighted by Gasteiger charge is -2.12. The minimum atomic E-state index is -4.48. The van der Waals surface area contributed by atoms with Crippen molar-refractivity contribution in [3.8, 4) is 17.0 Å². The third-order valence-electron chi connectivity index (χ3n) is 5.06. The Balaban J connectivity index is 1.65. The van der Waals surface area contributed by atoms with E-state index in [4.69, 9.17) is 10.5 Å². The van der Waals surface area contributed by atoms with Crippen LogP contribution in [-0.4, -0.2) is 24.6 Å². The Hall–Kier alpha value is -3.82. The molecule has 3 N–H and O–H groups in total. The van der Waals surface area contributed by atoms with Crippen molar-refractivity contribution in [2.24, 2.45) is 16.1 Å². The number of pyridine rings is 1. The number of hydrogen-bond acceptors (Lipinski definition) is 7. The van der Waals surface area contributed by atoms with Crippen molar-refractivity contribution in [3.05, 3.63) is 72.9 Å². The molecule has 0 saturated carbocycles. The smallest absolute Gasteiger partial charge is 0.295 e. The Morgan fingerprint density at radius 2 is 1.71 bits per heavy atom. The molecule has 0 fully saturated rings. The van der Waals surface area contributed by atoms with Crippen LogP contribution in [0.2, 0.25) is 0 Å². The van der Waals surface area contributed by atoms with Gasteiger partial charge in [-0.1, -0.05) is 50.2 Å². The van der Waals surface area contributed by atoms with Crippen LogP contribution in [0.5, 0.6) is 5.75 Å². The molecule has 8 nitrogen and oxygen atoms in total. The highest BCUT2D eigenvalue weighted by atomic mass is 32.2. The maximum Gasteiger partial charge on any atom is 0.295 e. The number of nitrogens with two attached hydrogens (primary N) is 1. The van der Waals surface area contributed by atoms with Gasteiger partial charge >= 0.3 is 0 Å². The number of hydrogen-bond donors (Lipinski definition) is 2. The van der Waals surface area contributed by atoms with Crippen LogP contribution >= 0.6 is 0 Å². The van der Waals surface area contributed by atoms with Crippen molar-refractivity contribution in [2.75, 3.05) is 12.3 Å². The molecule has 9 heteroatoms. The van der Waals surface area contributed by atoms with E-state index < -0.39 is 10.1 Å². The molecular formula is C25H24N4O4S. The van der Waals surface area contributed by atoms with Gasteiger partial charge in [0.2, 0.25) is 0 Å². The second kappa shape index (κ2) is 9.58. The standard InChI is InChI=1S/C25H24N4O4S/c1-16(2)15-33-23-10-6-5-9-20(23)21-12-11-17(14-27-21)28-29-22-13-24(34(30,31)32)18-7-3-4-8-19(18)25(22)26/h3-14,16H,15,26H2,1-2H3,(H,30,31,32)/b29-28+. The fraction of sp³-hybridized carbons (Fsp3) is 0.160. The summed E-state index contributed by atoms with van der Waals surface area (Å²) in [5.74, 6) is 1.15. The molecule has 34 heavy (non-hydrogen) atoms. The predicted octanol–water partition coefficient (Wildman–Crippen LogP) is 6.18. The Morgan fingerprint density at radius 1 is 1.00 bits per heavy atom. The highest BCUT2D eigenvalue weighted by molar-refractivity contribution is 7.86. The molecule has 0 bridgehead atoms. The third-order valence-corrected chi connectivity index (χ3v) is 5.95. The number of nitrogen functional groups attached to an aromatic ring is 1. The normalized spacial score (nSPS) is 12.0. The number of para-hydroxylation sites is 1. The predicted molar refractivity (Wildman–Crippen MR) is 132 cm³/mol. The molecule has 3 aromatic carbocycles. The van der Waals surface area contributed by atoms with Crippen LogP contribution in [-0.2, 0) is 10.1 Å². The van der Waals surface area contributed by atoms with Gasteiger partial charge in [-0.15, -0.1) is 10.2 Å². The minimum Gasteiger partial charge on any atom is -0.493 e. The topological polar surface area (TPSA) is 127 Å². The molecule has 0 spiro atoms. The number of ether oxygens (including phenoxy) is 1. The zero-order valence-corrected chi connectivity index (χ0v) is 19.5. The van der Waals surface area contributed by atoms with E-state index in [9.17, 15) is 13.0 Å². The van der Waals surface area contributed by atoms with E-state index >= 15 is 0 Å². The lowest BCUT2D eigenvalue weighted by Crippen LogP contribution is -2.05. The van der Waals surface area contributed by atoms with E-state index in [0.717, 1.165) is 17.0 Å². The first-order chi connectivity index (χ1) is 16.2. The number of benzene rings is 3. The van der Waals surface area contributed by atoms with Crippen LogP contribution in [0.15, 0.2) is 88.1 Å². The summed E-state index contributed by atoms with van der Waals surface area (Å²) in [5, 5.41) is 9.06. The number of fused-ring (bicyclic) bond motifs is 1. The largest absolute Gasteiger partial charge is 0.493 e. The number of anilines is 1. The van der Waals surface area contributed by atoms with Gasteiger partial charge in [-0.3, -0.25) is 9.54 Å². The fourth-order valence-electron chi connectivity index (χ4n) is 3.42. The van der Waals surface area contributed by atoms with Crippen molar-refractivity contribution in [1.29, 1.82) is 0 Å². The van der Waals surface area contributed by atoms with Crippen LogP contribution in [0.3, 0.4) is 0 Å². The van der Waals surface area contributed by atoms with Gasteiger partial charge in [-0.05, 0) is 36.2 Å². The Kier molecular flexibility index (Phi) is 6.58. The first-order valence-corrected chi connectivity index (χ1v) is 12.1. The van der Waals surface area contributed by atoms with E-state index in [2.05, 4.69) is 29.1 Å². The Bertz CT molecular complexity index is 1470. The van der Waals surface area contributed by atoms with Crippen molar-refractivity contribution >= 4 is 38.0 Å². The molecule has 1 aromatic heterocycles. The van der Waals surface area contributed by atoms with Crippen molar-refractivity contribution < 1.29 is 17.7 Å². The van der Waals surface area contributed by atoms with Crippen molar-refractivity contribution in [2.45, 2.75) is 18.7 Å². The van der Waals surface area contributed by atoms with Gasteiger partial charge < -0.3 is 10.5 Å². The maximum atomic E-state index is 11.9. The molecule has 0 atom stereocenters. The van der Waals surface area contributed by atoms with Gasteiger partial charge in [0.05, 0.1) is 24.2 Å². The van der Waals surface area contributed by atoms with Crippen molar-refractivity contribution in [1.82, 2.24) is 4.98 Å². The minimum absolute atomic E-state index is 0.128. The lowest BCUT2D eigenvalue weighted by molar-refractivity contribution is 0.272. The number of azo groups is 1. The molecule has 4 rings (SSSR count). The summed E-state index contributed by atoms with van der Waals surface area (Å²) in [6.45, 7) is 4.77. The lowest BCUT2D eigenvalue weighted by atomic mass is 10.1. The molecule has 0 aliphatic carbocycles. The summed E-state index contributed by atoms with van der Waals surface area (Å²) in [4.78, 5) is 4.20. The summed E-state index contributed by atoms with van der Waals surface area (Å²) in [6, 6.07) is 19.0. The summed E-state index contributed by atoms with van der Waals surface area (Å²) in [5.41, 5.74) is 8.62. The molecule has 0 aliphatic rings. The van der Waals surface area contributed by atoms with Gasteiger partial charge in [-0.2, -0.15) is 8.42 Å². The number of aromatic nitrogens is 1. The number of nitrogens with zero attached hydrogens (tertiary/aromatic N) is 3. The highest BCUT2D eigenvalue weighted by Gasteiger charge is 2.18. The highest BCUT2D eigenvalue weighted by Crippen LogP contribution is 2.37. The summed E-state index contributed by atoms with van der Waals surface area (Å²) in [7, 11) is -4.48. The monoisotopic (exact) mass is 476 g/mol. The van der Waals surface area contributed by atoms with Crippen LogP contribution < -0.4 is 10.5 Å². The first-order valence-electron chi connectivity index (χ1n) is 10.6. The molecule has 4 aromatic rings. The van der Waals surface area contributed by atoms with Gasteiger partial charge in [0.25, 0.3) is 10.1 Å². The van der Waals surface area contributed by atoms with Gasteiger partial charge in [0.1, 0.15) is 22.0 Å². The SMILES string of the molecule is CC(C)COc1ccccc1-c1ccc(/N=N/c2cc(S(=O)(=O)O)c3ccccc3c2N)cn1. The molecule has 0 saturated heterocycles. The molecular weight excluding hydrogens is 452 g/mol. The second-order valence-corrected chi connectivity index (χ2v) is 9.52. The molecule has 0 unspecified atom stereocenters. The van der Waals surface area contributed by atoms with Crippen LogP contribution in [0.1, 0.15) is 13.8 Å². The van der Waals surface area contributed by atoms with E-state index in [1.165, 1.54) is 6.07 Å². The molecule has 0 amide bonds. The average Bonchev–Trinajstić information content (AvgIpc) is 2.82. The van der Waals surface area contributed by atoms with E-state index in [-0.39, 0.29) is 16.3 Å². The van der Waals surface area contributed by atoms with Crippen LogP contribution in [0, 0.1) is 5.92 Å². The third kappa shape index (κ3) is 5.05. The number of rotatable bonds is 7. The van der Waals surface area contributed by atoms with Gasteiger partial charge in [0.15, 0.2) is 0 Å². The summed E-state index contributed by atoms with van der Waals surface area (Å²) in [6.07, 6.45) is 1.55. The average molecular weight is 477 g/mol. The maximum absolute atomic E-state index is 11.9. The molecule has 1 heterocycles. The zero-order chi connectivity index (χ0) is 24.3. The van der Waals surface area contributed by atoms with E-state index in [1.54, 1.807) is 42.6 Å². The Morgan fingerprint density at radius 3 is 2.38 bits per heavy atom. The second-order valence-electron chi connectivity index (χ2n) is 8.13. The van der Waals surface area contributed by atoms with Gasteiger partial charge in [0, 0.05) is 16.3 Å². The van der Waals surface area contributed by atoms with E-state index in [0.29, 0.717) is 29.0 Å². The molecule has 174 valence electrons. The fourth-order valence-corrected chi connectivity index (χ4v) is 4.14. The molecule has 0 aliphatic heterocycles. The summed E-state index contributed by atoms with van der Waals surface area (Å²) >= 11 is 0. The van der Waals surface area contributed by atoms with Crippen LogP contribution in [0.25, 0.3) is 22.0 Å². The first kappa shape index (κ1) is 23.3. The zero-order valence-electron chi connectivity index (χ0n) is 18.7. The Labute approximate surface area is 197 Å². The molecule has 0 radical (unpaired) electrons. The summed E-state index contributed by atoms with van der Waals surface area (Å²) < 4.78 is 39.3. The van der Waals surface area contributed by atoms with Crippen LogP contribution in [0.4, 0.5) is 17.1 Å². The van der Waals surface area contributed by atoms with E-state index in [1.807, 2.05) is 24.3 Å². The van der Waals surface area contributed by atoms with Gasteiger partial charge in [-0.25, -0.2) is 0 Å².